The first-order valence-corrected chi connectivity index (χ1v) is 9.67. The number of nitrogens with one attached hydrogen (secondary N) is 2. The van der Waals surface area contributed by atoms with Crippen LogP contribution in [0.3, 0.4) is 0 Å². The Morgan fingerprint density at radius 1 is 1.50 bits per heavy atom. The summed E-state index contributed by atoms with van der Waals surface area (Å²) in [6.07, 6.45) is 0.874. The van der Waals surface area contributed by atoms with E-state index in [1.807, 2.05) is 6.92 Å². The van der Waals surface area contributed by atoms with Crippen molar-refractivity contribution in [3.63, 3.8) is 0 Å². The lowest BCUT2D eigenvalue weighted by molar-refractivity contribution is -0.122. The summed E-state index contributed by atoms with van der Waals surface area (Å²) in [6, 6.07) is 4.22. The van der Waals surface area contributed by atoms with Crippen LogP contribution in [0, 0.1) is 6.92 Å². The molecule has 0 bridgehead atoms. The zero-order valence-corrected chi connectivity index (χ0v) is 15.4. The maximum atomic E-state index is 11.9. The van der Waals surface area contributed by atoms with Gasteiger partial charge in [0.15, 0.2) is 0 Å². The Morgan fingerprint density at radius 3 is 3.05 bits per heavy atom. The summed E-state index contributed by atoms with van der Waals surface area (Å²) in [5.41, 5.74) is 1.06. The van der Waals surface area contributed by atoms with E-state index in [1.165, 1.54) is 9.75 Å². The maximum absolute atomic E-state index is 11.9. The molecule has 0 saturated carbocycles. The van der Waals surface area contributed by atoms with Gasteiger partial charge in [-0.25, -0.2) is 4.98 Å². The highest BCUT2D eigenvalue weighted by Gasteiger charge is 2.21. The van der Waals surface area contributed by atoms with Crippen LogP contribution < -0.4 is 10.6 Å². The number of halogens is 1. The summed E-state index contributed by atoms with van der Waals surface area (Å²) in [6.45, 7) is 2.71. The highest BCUT2D eigenvalue weighted by Crippen LogP contribution is 2.29. The number of thiophene rings is 1. The summed E-state index contributed by atoms with van der Waals surface area (Å²) >= 11 is 5.20. The SMILES string of the molecule is Cc1nc(-c2ccc(CCNC(=O)C3CSCN3)s2)cs1.Cl. The van der Waals surface area contributed by atoms with E-state index in [0.29, 0.717) is 6.54 Å². The Balaban J connectivity index is 0.00000176. The molecule has 4 nitrogen and oxygen atoms in total. The summed E-state index contributed by atoms with van der Waals surface area (Å²) in [5, 5.41) is 9.37. The smallest absolute Gasteiger partial charge is 0.238 e. The van der Waals surface area contributed by atoms with E-state index < -0.39 is 0 Å². The van der Waals surface area contributed by atoms with Gasteiger partial charge in [0.2, 0.25) is 5.91 Å². The highest BCUT2D eigenvalue weighted by atomic mass is 35.5. The molecule has 120 valence electrons. The van der Waals surface area contributed by atoms with Crippen LogP contribution in [0.25, 0.3) is 10.6 Å². The van der Waals surface area contributed by atoms with E-state index in [-0.39, 0.29) is 24.4 Å². The molecule has 0 aliphatic carbocycles. The number of hydrogen-bond donors (Lipinski definition) is 2. The number of hydrogen-bond acceptors (Lipinski definition) is 6. The molecule has 0 aromatic carbocycles. The zero-order chi connectivity index (χ0) is 14.7. The van der Waals surface area contributed by atoms with E-state index in [2.05, 4.69) is 33.1 Å². The molecule has 1 saturated heterocycles. The number of aromatic nitrogens is 1. The maximum Gasteiger partial charge on any atom is 0.238 e. The molecule has 1 fully saturated rings. The number of carbonyl (C=O) groups excluding carboxylic acids is 1. The first-order chi connectivity index (χ1) is 10.2. The molecule has 1 amide bonds. The molecule has 1 aliphatic heterocycles. The van der Waals surface area contributed by atoms with E-state index in [0.717, 1.165) is 28.8 Å². The van der Waals surface area contributed by atoms with Gasteiger partial charge in [-0.2, -0.15) is 0 Å². The van der Waals surface area contributed by atoms with Gasteiger partial charge in [0.05, 0.1) is 21.6 Å². The molecule has 8 heteroatoms. The Hall–Kier alpha value is -0.600. The van der Waals surface area contributed by atoms with E-state index in [4.69, 9.17) is 0 Å². The zero-order valence-electron chi connectivity index (χ0n) is 12.1. The van der Waals surface area contributed by atoms with Gasteiger partial charge in [0, 0.05) is 28.4 Å². The molecule has 0 radical (unpaired) electrons. The number of thioether (sulfide) groups is 1. The molecule has 1 unspecified atom stereocenters. The third-order valence-corrected chi connectivity index (χ3v) is 6.12. The number of rotatable bonds is 5. The van der Waals surface area contributed by atoms with Crippen LogP contribution in [0.15, 0.2) is 17.5 Å². The van der Waals surface area contributed by atoms with Crippen molar-refractivity contribution in [3.05, 3.63) is 27.4 Å². The van der Waals surface area contributed by atoms with Crippen LogP contribution in [0.1, 0.15) is 9.88 Å². The number of amides is 1. The Morgan fingerprint density at radius 2 is 2.36 bits per heavy atom. The monoisotopic (exact) mass is 375 g/mol. The second-order valence-corrected chi connectivity index (χ2v) is 8.09. The van der Waals surface area contributed by atoms with Crippen molar-refractivity contribution in [2.75, 3.05) is 18.2 Å². The molecule has 1 aliphatic rings. The second-order valence-electron chi connectivity index (χ2n) is 4.83. The molecule has 2 aromatic rings. The Labute approximate surface area is 148 Å². The van der Waals surface area contributed by atoms with Crippen molar-refractivity contribution in [2.45, 2.75) is 19.4 Å². The Kier molecular flexibility index (Phi) is 6.70. The predicted molar refractivity (Wildman–Crippen MR) is 98.4 cm³/mol. The summed E-state index contributed by atoms with van der Waals surface area (Å²) in [7, 11) is 0. The van der Waals surface area contributed by atoms with Gasteiger partial charge in [-0.15, -0.1) is 46.8 Å². The van der Waals surface area contributed by atoms with Gasteiger partial charge in [-0.05, 0) is 25.5 Å². The minimum Gasteiger partial charge on any atom is -0.354 e. The van der Waals surface area contributed by atoms with Gasteiger partial charge >= 0.3 is 0 Å². The molecular weight excluding hydrogens is 358 g/mol. The van der Waals surface area contributed by atoms with E-state index >= 15 is 0 Å². The van der Waals surface area contributed by atoms with Crippen molar-refractivity contribution in [1.29, 1.82) is 0 Å². The molecule has 0 spiro atoms. The van der Waals surface area contributed by atoms with Gasteiger partial charge in [0.25, 0.3) is 0 Å². The largest absolute Gasteiger partial charge is 0.354 e. The van der Waals surface area contributed by atoms with Crippen LogP contribution in [0.2, 0.25) is 0 Å². The van der Waals surface area contributed by atoms with Crippen molar-refractivity contribution in [1.82, 2.24) is 15.6 Å². The van der Waals surface area contributed by atoms with Crippen LogP contribution >= 0.6 is 46.8 Å². The lowest BCUT2D eigenvalue weighted by Crippen LogP contribution is -2.42. The number of aryl methyl sites for hydroxylation is 1. The molecule has 2 aromatic heterocycles. The molecule has 2 N–H and O–H groups in total. The average molecular weight is 376 g/mol. The van der Waals surface area contributed by atoms with Crippen molar-refractivity contribution < 1.29 is 4.79 Å². The molecular formula is C14H18ClN3OS3. The third kappa shape index (κ3) is 4.45. The predicted octanol–water partition coefficient (Wildman–Crippen LogP) is 2.92. The van der Waals surface area contributed by atoms with Gasteiger partial charge < -0.3 is 5.32 Å². The quantitative estimate of drug-likeness (QED) is 0.843. The third-order valence-electron chi connectivity index (χ3n) is 3.24. The summed E-state index contributed by atoms with van der Waals surface area (Å²) in [5.74, 6) is 1.87. The fraction of sp³-hybridized carbons (Fsp3) is 0.429. The first kappa shape index (κ1) is 17.7. The average Bonchev–Trinajstić information content (AvgIpc) is 3.19. The molecule has 22 heavy (non-hydrogen) atoms. The van der Waals surface area contributed by atoms with E-state index in [1.54, 1.807) is 34.4 Å². The van der Waals surface area contributed by atoms with Crippen LogP contribution in [0.4, 0.5) is 0 Å². The number of thiazole rings is 1. The second kappa shape index (κ2) is 8.31. The van der Waals surface area contributed by atoms with Crippen molar-refractivity contribution >= 4 is 52.7 Å². The van der Waals surface area contributed by atoms with Crippen molar-refractivity contribution in [3.8, 4) is 10.6 Å². The molecule has 3 heterocycles. The number of carbonyl (C=O) groups is 1. The van der Waals surface area contributed by atoms with Gasteiger partial charge in [0.1, 0.15) is 0 Å². The number of nitrogens with zero attached hydrogens (tertiary/aromatic N) is 1. The Bertz CT molecular complexity index is 622. The lowest BCUT2D eigenvalue weighted by atomic mass is 10.3. The molecule has 1 atom stereocenters. The van der Waals surface area contributed by atoms with Crippen LogP contribution in [-0.2, 0) is 11.2 Å². The van der Waals surface area contributed by atoms with Crippen LogP contribution in [0.5, 0.6) is 0 Å². The van der Waals surface area contributed by atoms with Gasteiger partial charge in [-0.3, -0.25) is 10.1 Å². The summed E-state index contributed by atoms with van der Waals surface area (Å²) < 4.78 is 0. The molecule has 3 rings (SSSR count). The van der Waals surface area contributed by atoms with Crippen molar-refractivity contribution in [2.24, 2.45) is 0 Å². The first-order valence-electron chi connectivity index (χ1n) is 6.82. The standard InChI is InChI=1S/C14H17N3OS3.ClH/c1-9-17-11(7-20-9)13-3-2-10(21-13)4-5-15-14(18)12-6-19-8-16-12;/h2-3,7,12,16H,4-6,8H2,1H3,(H,15,18);1H. The fourth-order valence-corrected chi connectivity index (χ4v) is 4.72. The van der Waals surface area contributed by atoms with Gasteiger partial charge in [-0.1, -0.05) is 0 Å². The van der Waals surface area contributed by atoms with Crippen LogP contribution in [-0.4, -0.2) is 35.1 Å². The minimum absolute atomic E-state index is 0. The lowest BCUT2D eigenvalue weighted by Gasteiger charge is -2.09. The topological polar surface area (TPSA) is 54.0 Å². The minimum atomic E-state index is -0.0214. The normalized spacial score (nSPS) is 17.2. The van der Waals surface area contributed by atoms with E-state index in [9.17, 15) is 4.79 Å². The highest BCUT2D eigenvalue weighted by molar-refractivity contribution is 7.99. The fourth-order valence-electron chi connectivity index (χ4n) is 2.12. The summed E-state index contributed by atoms with van der Waals surface area (Å²) in [4.78, 5) is 18.9.